The van der Waals surface area contributed by atoms with E-state index in [0.717, 1.165) is 0 Å². The van der Waals surface area contributed by atoms with Gasteiger partial charge < -0.3 is 18.2 Å². The van der Waals surface area contributed by atoms with E-state index in [2.05, 4.69) is 4.89 Å². The van der Waals surface area contributed by atoms with Crippen LogP contribution in [0.15, 0.2) is 0 Å². The van der Waals surface area contributed by atoms with Crippen molar-refractivity contribution in [2.24, 2.45) is 0 Å². The summed E-state index contributed by atoms with van der Waals surface area (Å²) in [4.78, 5) is 20.1. The Morgan fingerprint density at radius 1 is 1.09 bits per heavy atom. The molecule has 0 heterocycles. The molecule has 0 atom stereocenters. The molecule has 7 nitrogen and oxygen atoms in total. The second-order valence-electron chi connectivity index (χ2n) is 0.640. The van der Waals surface area contributed by atoms with Gasteiger partial charge in [-0.25, -0.2) is 9.59 Å². The summed E-state index contributed by atoms with van der Waals surface area (Å²) in [5, 5.41) is 28.2. The molecule has 0 aromatic rings. The summed E-state index contributed by atoms with van der Waals surface area (Å²) in [7, 11) is 0. The molecule has 0 spiro atoms. The van der Waals surface area contributed by atoms with E-state index >= 15 is 0 Å². The molecule has 0 aromatic carbocycles. The van der Waals surface area contributed by atoms with Crippen molar-refractivity contribution >= 4 is 12.3 Å². The van der Waals surface area contributed by atoms with Gasteiger partial charge in [-0.2, -0.15) is 5.26 Å². The number of carbonyl (C=O) groups is 2. The van der Waals surface area contributed by atoms with E-state index in [1.54, 1.807) is 0 Å². The Balaban J connectivity index is -0.0000000146. The second-order valence-corrected chi connectivity index (χ2v) is 0.640. The van der Waals surface area contributed by atoms with Crippen LogP contribution in [-0.2, 0) is 4.89 Å². The number of hydrogen-bond acceptors (Lipinski definition) is 4. The molecule has 0 unspecified atom stereocenters. The van der Waals surface area contributed by atoms with E-state index in [1.807, 2.05) is 0 Å². The molecule has 0 fully saturated rings. The van der Waals surface area contributed by atoms with Crippen LogP contribution in [0.4, 0.5) is 9.59 Å². The molecule has 11 heavy (non-hydrogen) atoms. The Kier molecular flexibility index (Phi) is 34.5. The average Bonchev–Trinajstić information content (AvgIpc) is 1.65. The van der Waals surface area contributed by atoms with Crippen LogP contribution in [0.2, 0.25) is 0 Å². The fraction of sp³-hybridized carbons (Fsp3) is 0. The van der Waals surface area contributed by atoms with Crippen molar-refractivity contribution in [3.63, 3.8) is 0 Å². The minimum Gasteiger partial charge on any atom is -1.00 e. The van der Waals surface area contributed by atoms with Crippen molar-refractivity contribution in [2.75, 3.05) is 0 Å². The zero-order chi connectivity index (χ0) is 7.86. The Morgan fingerprint density at radius 3 is 1.18 bits per heavy atom. The molecule has 58 valence electrons. The van der Waals surface area contributed by atoms with Gasteiger partial charge in [0, 0.05) is 0 Å². The first-order chi connectivity index (χ1) is 4.00. The molecule has 4 N–H and O–H groups in total. The molecule has 0 saturated heterocycles. The first-order valence-electron chi connectivity index (χ1n) is 1.47. The fourth-order valence-electron chi connectivity index (χ4n) is 0. The molecule has 0 aliphatic carbocycles. The standard InChI is InChI=1S/CH2O4.CH2O3.2Na.2H/c2-1(3)5-4;2-1(3)4;;;;/h4H,(H,2,3);(H2,2,3,4);;;;/q;;2*+1;2*-1. The minimum absolute atomic E-state index is 0. The monoisotopic (exact) mass is 188 g/mol. The topological polar surface area (TPSA) is 124 Å². The summed E-state index contributed by atoms with van der Waals surface area (Å²) in [5.41, 5.74) is 0. The SMILES string of the molecule is O=C(O)O.O=C(O)OO.[H-].[H-].[Na+].[Na+]. The zero-order valence-electron chi connectivity index (χ0n) is 8.01. The summed E-state index contributed by atoms with van der Waals surface area (Å²) in [6.45, 7) is 0. The molecule has 0 aliphatic rings. The smallest absolute Gasteiger partial charge is 1.00 e. The zero-order valence-corrected chi connectivity index (χ0v) is 10.0. The number of rotatable bonds is 0. The Bertz CT molecular complexity index is 107. The normalized spacial score (nSPS) is 5.18. The van der Waals surface area contributed by atoms with Gasteiger partial charge in [0.25, 0.3) is 0 Å². The van der Waals surface area contributed by atoms with Crippen molar-refractivity contribution in [3.05, 3.63) is 0 Å². The largest absolute Gasteiger partial charge is 1.00 e. The van der Waals surface area contributed by atoms with Gasteiger partial charge in [-0.1, -0.05) is 0 Å². The quantitative estimate of drug-likeness (QED) is 0.170. The van der Waals surface area contributed by atoms with Gasteiger partial charge in [-0.05, 0) is 0 Å². The Labute approximate surface area is 108 Å². The average molecular weight is 188 g/mol. The van der Waals surface area contributed by atoms with Gasteiger partial charge in [0.05, 0.1) is 0 Å². The maximum Gasteiger partial charge on any atom is 1.00 e. The molecular weight excluding hydrogens is 182 g/mol. The fourth-order valence-corrected chi connectivity index (χ4v) is 0. The number of hydrogen-bond donors (Lipinski definition) is 4. The van der Waals surface area contributed by atoms with E-state index in [9.17, 15) is 0 Å². The first-order valence-corrected chi connectivity index (χ1v) is 1.47. The molecule has 0 aliphatic heterocycles. The van der Waals surface area contributed by atoms with Gasteiger partial charge in [0.2, 0.25) is 0 Å². The van der Waals surface area contributed by atoms with Crippen LogP contribution in [0.25, 0.3) is 0 Å². The third-order valence-electron chi connectivity index (χ3n) is 0.0781. The van der Waals surface area contributed by atoms with Crippen molar-refractivity contribution in [1.82, 2.24) is 0 Å². The summed E-state index contributed by atoms with van der Waals surface area (Å²) < 4.78 is 0. The molecule has 0 radical (unpaired) electrons. The molecule has 0 aromatic heterocycles. The summed E-state index contributed by atoms with van der Waals surface area (Å²) in [6.07, 6.45) is -3.52. The van der Waals surface area contributed by atoms with E-state index in [4.69, 9.17) is 30.2 Å². The van der Waals surface area contributed by atoms with E-state index in [-0.39, 0.29) is 62.0 Å². The van der Waals surface area contributed by atoms with E-state index in [0.29, 0.717) is 0 Å². The van der Waals surface area contributed by atoms with Crippen molar-refractivity contribution < 1.29 is 97.0 Å². The molecule has 0 amide bonds. The van der Waals surface area contributed by atoms with Gasteiger partial charge in [-0.3, -0.25) is 4.89 Å². The van der Waals surface area contributed by atoms with E-state index in [1.165, 1.54) is 0 Å². The predicted molar refractivity (Wildman–Crippen MR) is 24.6 cm³/mol. The third-order valence-corrected chi connectivity index (χ3v) is 0.0781. The van der Waals surface area contributed by atoms with Crippen LogP contribution in [0.5, 0.6) is 0 Å². The molecular formula is C2H6Na2O7. The molecule has 0 rings (SSSR count). The van der Waals surface area contributed by atoms with Gasteiger partial charge in [0.1, 0.15) is 0 Å². The molecule has 9 heteroatoms. The molecule has 0 saturated carbocycles. The Hall–Kier alpha value is 0.500. The second kappa shape index (κ2) is 16.8. The summed E-state index contributed by atoms with van der Waals surface area (Å²) in [5.74, 6) is 0. The third kappa shape index (κ3) is 121. The van der Waals surface area contributed by atoms with Crippen molar-refractivity contribution in [1.29, 1.82) is 0 Å². The predicted octanol–water partition coefficient (Wildman–Crippen LogP) is -5.39. The summed E-state index contributed by atoms with van der Waals surface area (Å²) in [6, 6.07) is 0. The van der Waals surface area contributed by atoms with Crippen LogP contribution in [0.3, 0.4) is 0 Å². The number of carboxylic acid groups (broad SMARTS) is 3. The van der Waals surface area contributed by atoms with Crippen LogP contribution in [0, 0.1) is 0 Å². The first kappa shape index (κ1) is 22.5. The summed E-state index contributed by atoms with van der Waals surface area (Å²) >= 11 is 0. The van der Waals surface area contributed by atoms with Crippen LogP contribution < -0.4 is 59.1 Å². The molecule has 0 bridgehead atoms. The van der Waals surface area contributed by atoms with Crippen molar-refractivity contribution in [3.8, 4) is 0 Å². The minimum atomic E-state index is -1.83. The van der Waals surface area contributed by atoms with Crippen LogP contribution in [-0.4, -0.2) is 32.9 Å². The van der Waals surface area contributed by atoms with Crippen molar-refractivity contribution in [2.45, 2.75) is 0 Å². The van der Waals surface area contributed by atoms with Gasteiger partial charge >= 0.3 is 71.4 Å². The van der Waals surface area contributed by atoms with Crippen LogP contribution >= 0.6 is 0 Å². The van der Waals surface area contributed by atoms with E-state index < -0.39 is 12.3 Å². The van der Waals surface area contributed by atoms with Gasteiger partial charge in [-0.15, -0.1) is 0 Å². The van der Waals surface area contributed by atoms with Gasteiger partial charge in [0.15, 0.2) is 0 Å². The maximum absolute atomic E-state index is 8.90. The Morgan fingerprint density at radius 2 is 1.18 bits per heavy atom. The maximum atomic E-state index is 8.90. The van der Waals surface area contributed by atoms with Crippen LogP contribution in [0.1, 0.15) is 2.85 Å².